The summed E-state index contributed by atoms with van der Waals surface area (Å²) >= 11 is 6.24. The molecule has 1 fully saturated rings. The Morgan fingerprint density at radius 2 is 2.09 bits per heavy atom. The molecule has 0 aliphatic carbocycles. The molecule has 0 spiro atoms. The lowest BCUT2D eigenvalue weighted by atomic mass is 10.2. The third kappa shape index (κ3) is 2.15. The van der Waals surface area contributed by atoms with E-state index in [-0.39, 0.29) is 5.95 Å². The number of nitrogen functional groups attached to an aromatic ring is 1. The van der Waals surface area contributed by atoms with Crippen LogP contribution >= 0.6 is 11.6 Å². The molecule has 22 heavy (non-hydrogen) atoms. The van der Waals surface area contributed by atoms with E-state index in [0.717, 1.165) is 49.3 Å². The molecule has 1 aromatic carbocycles. The van der Waals surface area contributed by atoms with Gasteiger partial charge in [-0.25, -0.2) is 4.98 Å². The van der Waals surface area contributed by atoms with Crippen molar-refractivity contribution in [3.63, 3.8) is 0 Å². The molecule has 2 aromatic heterocycles. The van der Waals surface area contributed by atoms with Gasteiger partial charge in [0.25, 0.3) is 0 Å². The Kier molecular flexibility index (Phi) is 3.28. The van der Waals surface area contributed by atoms with Crippen LogP contribution in [0, 0.1) is 0 Å². The number of nitrogens with one attached hydrogen (secondary N) is 1. The highest BCUT2D eigenvalue weighted by atomic mass is 35.5. The number of fused-ring (bicyclic) bond motifs is 3. The monoisotopic (exact) mass is 317 g/mol. The predicted molar refractivity (Wildman–Crippen MR) is 88.4 cm³/mol. The van der Waals surface area contributed by atoms with Crippen molar-refractivity contribution in [2.75, 3.05) is 36.8 Å². The summed E-state index contributed by atoms with van der Waals surface area (Å²) in [5.74, 6) is 1.00. The van der Waals surface area contributed by atoms with Crippen molar-refractivity contribution in [2.45, 2.75) is 6.42 Å². The van der Waals surface area contributed by atoms with Gasteiger partial charge in [0.15, 0.2) is 17.0 Å². The third-order valence-electron chi connectivity index (χ3n) is 3.93. The number of aromatic nitrogens is 2. The Bertz CT molecular complexity index is 839. The van der Waals surface area contributed by atoms with Gasteiger partial charge in [0.2, 0.25) is 5.95 Å². The fourth-order valence-corrected chi connectivity index (χ4v) is 3.12. The number of benzene rings is 1. The molecule has 0 amide bonds. The first-order valence-corrected chi connectivity index (χ1v) is 7.72. The second kappa shape index (κ2) is 5.30. The van der Waals surface area contributed by atoms with Crippen LogP contribution in [-0.2, 0) is 0 Å². The molecular formula is C15H16ClN5O. The maximum atomic E-state index is 6.24. The molecule has 114 valence electrons. The maximum Gasteiger partial charge on any atom is 0.222 e. The first-order chi connectivity index (χ1) is 10.7. The quantitative estimate of drug-likeness (QED) is 0.717. The SMILES string of the molecule is Nc1nc(N2CCCNCC2)c2oc3c(Cl)cccc3c2n1. The molecule has 3 heterocycles. The lowest BCUT2D eigenvalue weighted by molar-refractivity contribution is 0.660. The second-order valence-corrected chi connectivity index (χ2v) is 5.80. The highest BCUT2D eigenvalue weighted by Crippen LogP contribution is 2.36. The summed E-state index contributed by atoms with van der Waals surface area (Å²) in [5.41, 5.74) is 7.92. The van der Waals surface area contributed by atoms with E-state index in [1.807, 2.05) is 12.1 Å². The summed E-state index contributed by atoms with van der Waals surface area (Å²) in [5, 5.41) is 4.81. The van der Waals surface area contributed by atoms with Crippen LogP contribution in [0.1, 0.15) is 6.42 Å². The van der Waals surface area contributed by atoms with Gasteiger partial charge in [-0.3, -0.25) is 0 Å². The fraction of sp³-hybridized carbons (Fsp3) is 0.333. The van der Waals surface area contributed by atoms with Crippen molar-refractivity contribution >= 4 is 45.4 Å². The highest BCUT2D eigenvalue weighted by molar-refractivity contribution is 6.35. The molecule has 4 rings (SSSR count). The molecular weight excluding hydrogens is 302 g/mol. The molecule has 0 bridgehead atoms. The number of rotatable bonds is 1. The summed E-state index contributed by atoms with van der Waals surface area (Å²) < 4.78 is 5.99. The van der Waals surface area contributed by atoms with Crippen LogP contribution < -0.4 is 16.0 Å². The Morgan fingerprint density at radius 3 is 3.00 bits per heavy atom. The Morgan fingerprint density at radius 1 is 1.18 bits per heavy atom. The first kappa shape index (κ1) is 13.6. The Labute approximate surface area is 132 Å². The number of anilines is 2. The van der Waals surface area contributed by atoms with Gasteiger partial charge in [-0.1, -0.05) is 17.7 Å². The standard InChI is InChI=1S/C15H16ClN5O/c16-10-4-1-3-9-11-13(22-12(9)10)14(20-15(17)19-11)21-7-2-5-18-6-8-21/h1,3-4,18H,2,5-8H2,(H2,17,19,20). The van der Waals surface area contributed by atoms with Crippen LogP contribution in [0.25, 0.3) is 22.1 Å². The van der Waals surface area contributed by atoms with E-state index < -0.39 is 0 Å². The topological polar surface area (TPSA) is 80.2 Å². The zero-order valence-electron chi connectivity index (χ0n) is 12.0. The zero-order valence-corrected chi connectivity index (χ0v) is 12.7. The smallest absolute Gasteiger partial charge is 0.222 e. The number of halogens is 1. The maximum absolute atomic E-state index is 6.24. The van der Waals surface area contributed by atoms with E-state index in [0.29, 0.717) is 16.2 Å². The number of hydrogen-bond donors (Lipinski definition) is 2. The van der Waals surface area contributed by atoms with Gasteiger partial charge < -0.3 is 20.4 Å². The van der Waals surface area contributed by atoms with Crippen molar-refractivity contribution in [1.29, 1.82) is 0 Å². The number of nitrogens with zero attached hydrogens (tertiary/aromatic N) is 3. The number of hydrogen-bond acceptors (Lipinski definition) is 6. The van der Waals surface area contributed by atoms with Gasteiger partial charge in [-0.05, 0) is 25.1 Å². The molecule has 7 heteroatoms. The van der Waals surface area contributed by atoms with E-state index in [1.54, 1.807) is 6.07 Å². The molecule has 0 atom stereocenters. The lowest BCUT2D eigenvalue weighted by Crippen LogP contribution is -2.29. The van der Waals surface area contributed by atoms with Gasteiger partial charge >= 0.3 is 0 Å². The number of nitrogens with two attached hydrogens (primary N) is 1. The van der Waals surface area contributed by atoms with Crippen molar-refractivity contribution in [3.8, 4) is 0 Å². The number of furan rings is 1. The Balaban J connectivity index is 1.97. The van der Waals surface area contributed by atoms with E-state index in [2.05, 4.69) is 20.2 Å². The van der Waals surface area contributed by atoms with Gasteiger partial charge in [0, 0.05) is 25.0 Å². The van der Waals surface area contributed by atoms with Gasteiger partial charge in [0.05, 0.1) is 5.02 Å². The van der Waals surface area contributed by atoms with Crippen molar-refractivity contribution in [1.82, 2.24) is 15.3 Å². The van der Waals surface area contributed by atoms with Crippen LogP contribution in [0.15, 0.2) is 22.6 Å². The zero-order chi connectivity index (χ0) is 15.1. The van der Waals surface area contributed by atoms with Crippen molar-refractivity contribution in [3.05, 3.63) is 23.2 Å². The van der Waals surface area contributed by atoms with Crippen LogP contribution in [-0.4, -0.2) is 36.1 Å². The molecule has 3 N–H and O–H groups in total. The average Bonchev–Trinajstić information content (AvgIpc) is 2.71. The minimum Gasteiger partial charge on any atom is -0.449 e. The van der Waals surface area contributed by atoms with E-state index in [9.17, 15) is 0 Å². The first-order valence-electron chi connectivity index (χ1n) is 7.34. The fourth-order valence-electron chi connectivity index (χ4n) is 2.90. The third-order valence-corrected chi connectivity index (χ3v) is 4.23. The van der Waals surface area contributed by atoms with Gasteiger partial charge in [-0.15, -0.1) is 0 Å². The molecule has 6 nitrogen and oxygen atoms in total. The van der Waals surface area contributed by atoms with E-state index >= 15 is 0 Å². The second-order valence-electron chi connectivity index (χ2n) is 5.39. The minimum atomic E-state index is 0.252. The molecule has 0 radical (unpaired) electrons. The molecule has 1 aliphatic heterocycles. The van der Waals surface area contributed by atoms with Gasteiger partial charge in [-0.2, -0.15) is 4.98 Å². The summed E-state index contributed by atoms with van der Waals surface area (Å²) in [6.07, 6.45) is 1.05. The van der Waals surface area contributed by atoms with Crippen LogP contribution in [0.4, 0.5) is 11.8 Å². The Hall–Kier alpha value is -2.05. The van der Waals surface area contributed by atoms with E-state index in [1.165, 1.54) is 0 Å². The summed E-state index contributed by atoms with van der Waals surface area (Å²) in [4.78, 5) is 11.0. The molecule has 1 saturated heterocycles. The molecule has 3 aromatic rings. The van der Waals surface area contributed by atoms with Crippen LogP contribution in [0.3, 0.4) is 0 Å². The summed E-state index contributed by atoms with van der Waals surface area (Å²) in [6, 6.07) is 5.62. The van der Waals surface area contributed by atoms with E-state index in [4.69, 9.17) is 21.8 Å². The van der Waals surface area contributed by atoms with Crippen molar-refractivity contribution < 1.29 is 4.42 Å². The van der Waals surface area contributed by atoms with Gasteiger partial charge in [0.1, 0.15) is 5.52 Å². The minimum absolute atomic E-state index is 0.252. The summed E-state index contributed by atoms with van der Waals surface area (Å²) in [6.45, 7) is 3.68. The molecule has 0 unspecified atom stereocenters. The normalized spacial score (nSPS) is 16.3. The highest BCUT2D eigenvalue weighted by Gasteiger charge is 2.21. The largest absolute Gasteiger partial charge is 0.449 e. The average molecular weight is 318 g/mol. The molecule has 0 saturated carbocycles. The van der Waals surface area contributed by atoms with Crippen LogP contribution in [0.2, 0.25) is 5.02 Å². The predicted octanol–water partition coefficient (Wildman–Crippen LogP) is 2.41. The summed E-state index contributed by atoms with van der Waals surface area (Å²) in [7, 11) is 0. The van der Waals surface area contributed by atoms with Crippen molar-refractivity contribution in [2.24, 2.45) is 0 Å². The number of para-hydroxylation sites is 1. The molecule has 1 aliphatic rings. The van der Waals surface area contributed by atoms with Crippen LogP contribution in [0.5, 0.6) is 0 Å². The lowest BCUT2D eigenvalue weighted by Gasteiger charge is -2.20.